The first-order valence-corrected chi connectivity index (χ1v) is 37.4. The second-order valence-corrected chi connectivity index (χ2v) is 35.3. The van der Waals surface area contributed by atoms with Crippen molar-refractivity contribution in [1.29, 1.82) is 0 Å². The normalized spacial score (nSPS) is 40.9. The number of piperidine rings is 1. The molecule has 2 aliphatic carbocycles. The summed E-state index contributed by atoms with van der Waals surface area (Å²) in [5.74, 6) is -4.03. The molecule has 14 heterocycles. The maximum Gasteiger partial charge on any atom is 0.270 e. The van der Waals surface area contributed by atoms with Gasteiger partial charge in [0.05, 0.1) is 24.2 Å². The average molecular weight is 1330 g/mol. The van der Waals surface area contributed by atoms with Gasteiger partial charge in [-0.1, -0.05) is 109 Å². The Morgan fingerprint density at radius 3 is 1.30 bits per heavy atom. The van der Waals surface area contributed by atoms with Gasteiger partial charge < -0.3 is 0 Å². The molecule has 0 N–H and O–H groups in total. The Balaban J connectivity index is 0.000000119. The number of fused-ring (bicyclic) bond motifs is 9. The van der Waals surface area contributed by atoms with Crippen LogP contribution in [0.25, 0.3) is 0 Å². The van der Waals surface area contributed by atoms with Crippen LogP contribution in [0.1, 0.15) is 232 Å². The molecule has 0 bridgehead atoms. The van der Waals surface area contributed by atoms with E-state index >= 15 is 0 Å². The highest BCUT2D eigenvalue weighted by molar-refractivity contribution is 5.27. The summed E-state index contributed by atoms with van der Waals surface area (Å²) in [5.41, 5.74) is 3.08. The third-order valence-corrected chi connectivity index (χ3v) is 28.8. The maximum absolute atomic E-state index is 13.5. The van der Waals surface area contributed by atoms with E-state index in [9.17, 15) is 43.9 Å². The van der Waals surface area contributed by atoms with Gasteiger partial charge in [0.1, 0.15) is 6.17 Å². The molecule has 0 aromatic carbocycles. The van der Waals surface area contributed by atoms with E-state index in [1.165, 1.54) is 69.9 Å². The lowest BCUT2D eigenvalue weighted by Crippen LogP contribution is -2.49. The molecule has 7 nitrogen and oxygen atoms in total. The summed E-state index contributed by atoms with van der Waals surface area (Å²) in [4.78, 5) is 16.5. The first-order valence-electron chi connectivity index (χ1n) is 37.4. The minimum atomic E-state index is -2.44. The highest BCUT2D eigenvalue weighted by Crippen LogP contribution is 2.72. The van der Waals surface area contributed by atoms with Crippen LogP contribution < -0.4 is 0 Å². The summed E-state index contributed by atoms with van der Waals surface area (Å²) in [6.45, 7) is 46.9. The topological polar surface area (TPSA) is 22.7 Å². The highest BCUT2D eigenvalue weighted by atomic mass is 19.3. The van der Waals surface area contributed by atoms with Crippen LogP contribution in [-0.2, 0) is 0 Å². The Labute approximate surface area is 556 Å². The second-order valence-electron chi connectivity index (χ2n) is 35.3. The van der Waals surface area contributed by atoms with Crippen LogP contribution in [0.4, 0.5) is 43.9 Å². The van der Waals surface area contributed by atoms with Crippen molar-refractivity contribution in [1.82, 2.24) is 34.3 Å². The highest BCUT2D eigenvalue weighted by Gasteiger charge is 2.82. The fourth-order valence-corrected chi connectivity index (χ4v) is 23.2. The molecule has 0 radical (unpaired) electrons. The smallest absolute Gasteiger partial charge is 0.270 e. The number of halogens is 10. The van der Waals surface area contributed by atoms with Crippen LogP contribution in [0.5, 0.6) is 0 Å². The van der Waals surface area contributed by atoms with Gasteiger partial charge in [-0.05, 0) is 215 Å². The Morgan fingerprint density at radius 2 is 0.871 bits per heavy atom. The molecule has 534 valence electrons. The molecule has 16 fully saturated rings. The van der Waals surface area contributed by atoms with Gasteiger partial charge >= 0.3 is 0 Å². The lowest BCUT2D eigenvalue weighted by Gasteiger charge is -2.39. The van der Waals surface area contributed by atoms with Crippen molar-refractivity contribution in [3.63, 3.8) is 0 Å². The third-order valence-electron chi connectivity index (χ3n) is 28.8. The van der Waals surface area contributed by atoms with E-state index in [2.05, 4.69) is 133 Å². The molecular weight excluding hydrogens is 1200 g/mol. The molecule has 0 aromatic rings. The standard InChI is InChI=1S/C12H19F2N.2C11H17F2N.C11H18FN.C11H19N.C10H17F2N.C10H18FN/c1-9(2)11-4-3-5-15(11)8-10(6-11)7-12(10,13)14;1-7(2)10-4-3-5-14(10)6-8-9(10)11(8,12)13;1-8(2)11-4-3-5-14(11)7-9(6-11)10(12)13;1-9(2)11-4-3-5-13(11)8-10(6-11)7-12;1-9(2)11-5-4-6-12(11)8-10(3)7-11;1-8(2)9-4-3-5-13(9)7-10(11,12)6-9;1-8(2)10-4-3-5-12(10)7-9(11)6-10/h9H,3-8H2,1-2H3;7-9H,3-6H2,1-2H3;8H,3-7H2,1-2H3;7,9H,3-6,8H2,1-2H3;9H,3-8H2,1-2H3;8H,3-7H2,1-2H3;8-9H,3-7H2,1-2H3/b;;;10-7-;;;. The summed E-state index contributed by atoms with van der Waals surface area (Å²) in [6, 6.07) is 0. The van der Waals surface area contributed by atoms with Crippen molar-refractivity contribution < 1.29 is 43.9 Å². The van der Waals surface area contributed by atoms with Crippen LogP contribution in [-0.4, -0.2) is 189 Å². The molecule has 14 aliphatic heterocycles. The van der Waals surface area contributed by atoms with Crippen molar-refractivity contribution in [2.75, 3.05) is 91.6 Å². The zero-order valence-electron chi connectivity index (χ0n) is 60.2. The van der Waals surface area contributed by atoms with E-state index in [0.717, 1.165) is 128 Å². The minimum Gasteiger partial charge on any atom is -0.297 e. The Morgan fingerprint density at radius 1 is 0.452 bits per heavy atom. The van der Waals surface area contributed by atoms with Gasteiger partial charge in [-0.3, -0.25) is 34.3 Å². The van der Waals surface area contributed by atoms with E-state index in [4.69, 9.17) is 0 Å². The van der Waals surface area contributed by atoms with Crippen LogP contribution in [0.3, 0.4) is 0 Å². The quantitative estimate of drug-likeness (QED) is 0.185. The molecule has 2 saturated carbocycles. The molecule has 0 aromatic heterocycles. The number of hydrogen-bond acceptors (Lipinski definition) is 7. The average Bonchev–Trinajstić information content (AvgIpc) is 1.51. The van der Waals surface area contributed by atoms with Crippen molar-refractivity contribution in [3.05, 3.63) is 35.7 Å². The molecule has 16 aliphatic rings. The van der Waals surface area contributed by atoms with Gasteiger partial charge in [0.2, 0.25) is 0 Å². The zero-order chi connectivity index (χ0) is 68.1. The molecule has 0 amide bonds. The van der Waals surface area contributed by atoms with Crippen LogP contribution in [0.2, 0.25) is 0 Å². The summed E-state index contributed by atoms with van der Waals surface area (Å²) < 4.78 is 131. The molecule has 11 unspecified atom stereocenters. The first-order chi connectivity index (χ1) is 43.4. The maximum atomic E-state index is 13.5. The lowest BCUT2D eigenvalue weighted by atomic mass is 9.79. The zero-order valence-corrected chi connectivity index (χ0v) is 60.2. The summed E-state index contributed by atoms with van der Waals surface area (Å²) in [5, 5.41) is 0. The minimum absolute atomic E-state index is 0.00875. The van der Waals surface area contributed by atoms with Crippen molar-refractivity contribution in [2.45, 2.75) is 294 Å². The Hall–Kier alpha value is -1.76. The molecule has 11 atom stereocenters. The van der Waals surface area contributed by atoms with Crippen LogP contribution in [0, 0.1) is 58.7 Å². The molecule has 16 rings (SSSR count). The largest absolute Gasteiger partial charge is 0.297 e. The number of hydrogen-bond donors (Lipinski definition) is 0. The van der Waals surface area contributed by atoms with Gasteiger partial charge in [-0.25, -0.2) is 35.1 Å². The van der Waals surface area contributed by atoms with Crippen molar-refractivity contribution in [3.8, 4) is 0 Å². The molecule has 1 spiro atoms. The Bertz CT molecular complexity index is 2680. The van der Waals surface area contributed by atoms with Gasteiger partial charge in [0.15, 0.2) is 0 Å². The monoisotopic (exact) mass is 1330 g/mol. The number of nitrogens with zero attached hydrogens (tertiary/aromatic N) is 7. The summed E-state index contributed by atoms with van der Waals surface area (Å²) in [6.07, 6.45) is 19.9. The van der Waals surface area contributed by atoms with Crippen LogP contribution >= 0.6 is 0 Å². The van der Waals surface area contributed by atoms with E-state index in [0.29, 0.717) is 84.8 Å². The van der Waals surface area contributed by atoms with E-state index in [1.807, 2.05) is 4.90 Å². The predicted molar refractivity (Wildman–Crippen MR) is 358 cm³/mol. The summed E-state index contributed by atoms with van der Waals surface area (Å²) >= 11 is 0. The van der Waals surface area contributed by atoms with Gasteiger partial charge in [0.25, 0.3) is 23.8 Å². The summed E-state index contributed by atoms with van der Waals surface area (Å²) in [7, 11) is 0. The predicted octanol–water partition coefficient (Wildman–Crippen LogP) is 18.2. The molecule has 93 heavy (non-hydrogen) atoms. The first kappa shape index (κ1) is 73.9. The van der Waals surface area contributed by atoms with E-state index in [-0.39, 0.29) is 58.9 Å². The number of rotatable bonds is 7. The third kappa shape index (κ3) is 13.0. The lowest BCUT2D eigenvalue weighted by molar-refractivity contribution is -0.0102. The van der Waals surface area contributed by atoms with Gasteiger partial charge in [-0.2, -0.15) is 8.78 Å². The van der Waals surface area contributed by atoms with Gasteiger partial charge in [0, 0.05) is 102 Å². The number of alkyl halides is 7. The fraction of sp³-hybridized carbons (Fsp3) is 0.921. The SMILES string of the molecule is C=C1CN2CCCC2(C(C)C)C1.CC(C)C12CCCN1C/C(=C\F)C2.CC(C)C12CCCN1CC(=C(F)F)C2.CC(C)C12CCCN1CC(F)(F)C2.CC(C)C12CCCN1CC(F)C2.CC(C)C12CCCN1CC1(C2)CC1(F)F.CC(C)C12CCCN1CC1C2C1(F)F. The van der Waals surface area contributed by atoms with Crippen molar-refractivity contribution in [2.24, 2.45) is 58.7 Å². The van der Waals surface area contributed by atoms with Crippen molar-refractivity contribution >= 4 is 0 Å². The molecular formula is C76H125F10N7. The molecule has 14 saturated heterocycles. The van der Waals surface area contributed by atoms with Gasteiger partial charge in [-0.15, -0.1) is 0 Å². The Kier molecular flexibility index (Phi) is 21.4. The van der Waals surface area contributed by atoms with Crippen LogP contribution in [0.15, 0.2) is 35.7 Å². The molecule has 17 heteroatoms. The van der Waals surface area contributed by atoms with E-state index in [1.54, 1.807) is 0 Å². The second kappa shape index (κ2) is 27.0. The fourth-order valence-electron chi connectivity index (χ4n) is 23.2. The van der Waals surface area contributed by atoms with E-state index < -0.39 is 35.4 Å².